The third-order valence-corrected chi connectivity index (χ3v) is 6.02. The van der Waals surface area contributed by atoms with Crippen LogP contribution in [0.2, 0.25) is 0 Å². The quantitative estimate of drug-likeness (QED) is 0.459. The van der Waals surface area contributed by atoms with Gasteiger partial charge in [-0.25, -0.2) is 9.48 Å². The SMILES string of the molecule is N#Cc1cccc(NC(=O)NCc2cn(-c3cccc4c3CN(C3CCC(=O)NC3=O)C4=O)nn2)c1. The molecule has 2 aromatic carbocycles. The fourth-order valence-electron chi connectivity index (χ4n) is 4.29. The van der Waals surface area contributed by atoms with Gasteiger partial charge in [-0.3, -0.25) is 19.7 Å². The number of benzene rings is 2. The van der Waals surface area contributed by atoms with E-state index in [0.717, 1.165) is 0 Å². The molecule has 0 bridgehead atoms. The van der Waals surface area contributed by atoms with Crippen LogP contribution in [-0.2, 0) is 22.7 Å². The van der Waals surface area contributed by atoms with Crippen molar-refractivity contribution in [2.75, 3.05) is 5.32 Å². The molecule has 36 heavy (non-hydrogen) atoms. The van der Waals surface area contributed by atoms with Crippen LogP contribution in [0, 0.1) is 11.3 Å². The maximum Gasteiger partial charge on any atom is 0.319 e. The van der Waals surface area contributed by atoms with Gasteiger partial charge in [0.15, 0.2) is 0 Å². The first kappa shape index (κ1) is 22.7. The number of carbonyl (C=O) groups excluding carboxylic acids is 4. The van der Waals surface area contributed by atoms with Crippen LogP contribution in [0.25, 0.3) is 5.69 Å². The number of rotatable bonds is 5. The van der Waals surface area contributed by atoms with E-state index < -0.39 is 18.0 Å². The summed E-state index contributed by atoms with van der Waals surface area (Å²) in [5.74, 6) is -1.09. The Morgan fingerprint density at radius 2 is 2.03 bits per heavy atom. The molecule has 0 spiro atoms. The number of amides is 5. The van der Waals surface area contributed by atoms with Gasteiger partial charge in [-0.1, -0.05) is 17.3 Å². The molecule has 1 aromatic heterocycles. The van der Waals surface area contributed by atoms with Crippen molar-refractivity contribution in [3.63, 3.8) is 0 Å². The monoisotopic (exact) mass is 484 g/mol. The molecule has 1 atom stereocenters. The first-order valence-corrected chi connectivity index (χ1v) is 11.2. The van der Waals surface area contributed by atoms with E-state index in [1.165, 1.54) is 9.58 Å². The van der Waals surface area contributed by atoms with Crippen molar-refractivity contribution in [3.8, 4) is 11.8 Å². The van der Waals surface area contributed by atoms with E-state index >= 15 is 0 Å². The van der Waals surface area contributed by atoms with Crippen LogP contribution < -0.4 is 16.0 Å². The van der Waals surface area contributed by atoms with Crippen LogP contribution in [0.3, 0.4) is 0 Å². The number of hydrogen-bond donors (Lipinski definition) is 3. The van der Waals surface area contributed by atoms with Gasteiger partial charge in [0.2, 0.25) is 11.8 Å². The maximum absolute atomic E-state index is 13.0. The number of imide groups is 1. The summed E-state index contributed by atoms with van der Waals surface area (Å²) in [6.45, 7) is 0.300. The Labute approximate surface area is 204 Å². The van der Waals surface area contributed by atoms with Gasteiger partial charge in [0.25, 0.3) is 5.91 Å². The minimum atomic E-state index is -0.710. The van der Waals surface area contributed by atoms with Gasteiger partial charge in [0.05, 0.1) is 30.1 Å². The molecular formula is C24H20N8O4. The molecule has 3 aromatic rings. The summed E-state index contributed by atoms with van der Waals surface area (Å²) in [5, 5.41) is 24.8. The van der Waals surface area contributed by atoms with Crippen LogP contribution >= 0.6 is 0 Å². The number of nitriles is 1. The van der Waals surface area contributed by atoms with Crippen molar-refractivity contribution in [1.82, 2.24) is 30.5 Å². The number of piperidine rings is 1. The average Bonchev–Trinajstić information content (AvgIpc) is 3.48. The Morgan fingerprint density at radius 3 is 2.83 bits per heavy atom. The van der Waals surface area contributed by atoms with Crippen molar-refractivity contribution in [2.24, 2.45) is 0 Å². The predicted octanol–water partition coefficient (Wildman–Crippen LogP) is 1.22. The van der Waals surface area contributed by atoms with E-state index in [-0.39, 0.29) is 37.7 Å². The molecule has 2 aliphatic rings. The van der Waals surface area contributed by atoms with Crippen LogP contribution in [-0.4, -0.2) is 49.7 Å². The third-order valence-electron chi connectivity index (χ3n) is 6.02. The van der Waals surface area contributed by atoms with Gasteiger partial charge in [0.1, 0.15) is 11.7 Å². The first-order chi connectivity index (χ1) is 17.4. The van der Waals surface area contributed by atoms with E-state index in [9.17, 15) is 19.2 Å². The van der Waals surface area contributed by atoms with Gasteiger partial charge < -0.3 is 15.5 Å². The summed E-state index contributed by atoms with van der Waals surface area (Å²) in [5.41, 5.74) is 3.20. The lowest BCUT2D eigenvalue weighted by molar-refractivity contribution is -0.136. The smallest absolute Gasteiger partial charge is 0.319 e. The molecule has 0 aliphatic carbocycles. The van der Waals surface area contributed by atoms with Crippen molar-refractivity contribution in [3.05, 3.63) is 71.0 Å². The molecule has 1 saturated heterocycles. The predicted molar refractivity (Wildman–Crippen MR) is 124 cm³/mol. The molecule has 3 heterocycles. The average molecular weight is 484 g/mol. The van der Waals surface area contributed by atoms with Gasteiger partial charge >= 0.3 is 6.03 Å². The summed E-state index contributed by atoms with van der Waals surface area (Å²) in [7, 11) is 0. The molecule has 0 radical (unpaired) electrons. The molecular weight excluding hydrogens is 464 g/mol. The number of nitrogens with one attached hydrogen (secondary N) is 3. The summed E-state index contributed by atoms with van der Waals surface area (Å²) >= 11 is 0. The summed E-state index contributed by atoms with van der Waals surface area (Å²) in [4.78, 5) is 50.5. The van der Waals surface area contributed by atoms with Crippen LogP contribution in [0.1, 0.15) is 40.0 Å². The number of aromatic nitrogens is 3. The van der Waals surface area contributed by atoms with E-state index in [1.807, 2.05) is 6.07 Å². The second-order valence-electron chi connectivity index (χ2n) is 8.36. The van der Waals surface area contributed by atoms with Crippen LogP contribution in [0.5, 0.6) is 0 Å². The summed E-state index contributed by atoms with van der Waals surface area (Å²) in [6.07, 6.45) is 2.10. The molecule has 12 heteroatoms. The number of nitrogens with zero attached hydrogens (tertiary/aromatic N) is 5. The lowest BCUT2D eigenvalue weighted by Gasteiger charge is -2.29. The van der Waals surface area contributed by atoms with Crippen molar-refractivity contribution >= 4 is 29.4 Å². The minimum absolute atomic E-state index is 0.0973. The fraction of sp³-hybridized carbons (Fsp3) is 0.208. The topological polar surface area (TPSA) is 162 Å². The van der Waals surface area contributed by atoms with E-state index in [4.69, 9.17) is 5.26 Å². The molecule has 5 rings (SSSR count). The van der Waals surface area contributed by atoms with Gasteiger partial charge in [-0.2, -0.15) is 5.26 Å². The summed E-state index contributed by atoms with van der Waals surface area (Å²) < 4.78 is 1.52. The van der Waals surface area contributed by atoms with E-state index in [2.05, 4.69) is 26.3 Å². The largest absolute Gasteiger partial charge is 0.332 e. The Bertz CT molecular complexity index is 1440. The molecule has 3 N–H and O–H groups in total. The highest BCUT2D eigenvalue weighted by atomic mass is 16.2. The number of urea groups is 1. The molecule has 0 saturated carbocycles. The van der Waals surface area contributed by atoms with Crippen molar-refractivity contribution in [1.29, 1.82) is 5.26 Å². The van der Waals surface area contributed by atoms with Gasteiger partial charge in [-0.05, 0) is 36.8 Å². The standard InChI is InChI=1S/C24H20N8O4/c25-10-14-3-1-4-15(9-14)27-24(36)26-11-16-12-32(30-29-16)19-6-2-5-17-18(19)13-31(23(17)35)20-7-8-21(33)28-22(20)34/h1-6,9,12,20H,7-8,11,13H2,(H2,26,27,36)(H,28,33,34). The molecule has 12 nitrogen and oxygen atoms in total. The Kier molecular flexibility index (Phi) is 5.87. The van der Waals surface area contributed by atoms with E-state index in [0.29, 0.717) is 33.8 Å². The van der Waals surface area contributed by atoms with E-state index in [1.54, 1.807) is 48.7 Å². The number of anilines is 1. The highest BCUT2D eigenvalue weighted by Crippen LogP contribution is 2.31. The van der Waals surface area contributed by atoms with Crippen molar-refractivity contribution in [2.45, 2.75) is 32.0 Å². The first-order valence-electron chi connectivity index (χ1n) is 11.2. The number of fused-ring (bicyclic) bond motifs is 1. The molecule has 1 fully saturated rings. The van der Waals surface area contributed by atoms with Gasteiger partial charge in [-0.15, -0.1) is 5.10 Å². The minimum Gasteiger partial charge on any atom is -0.332 e. The number of hydrogen-bond acceptors (Lipinski definition) is 7. The Morgan fingerprint density at radius 1 is 1.19 bits per heavy atom. The Balaban J connectivity index is 1.27. The maximum atomic E-state index is 13.0. The Hall–Kier alpha value is -5.05. The molecule has 2 aliphatic heterocycles. The zero-order chi connectivity index (χ0) is 25.2. The van der Waals surface area contributed by atoms with Gasteiger partial charge in [0, 0.05) is 29.8 Å². The lowest BCUT2D eigenvalue weighted by Crippen LogP contribution is -2.52. The number of carbonyl (C=O) groups is 4. The molecule has 180 valence electrons. The van der Waals surface area contributed by atoms with Crippen LogP contribution in [0.4, 0.5) is 10.5 Å². The molecule has 5 amide bonds. The second-order valence-corrected chi connectivity index (χ2v) is 8.36. The zero-order valence-electron chi connectivity index (χ0n) is 18.9. The zero-order valence-corrected chi connectivity index (χ0v) is 18.9. The highest BCUT2D eigenvalue weighted by Gasteiger charge is 2.40. The third kappa shape index (κ3) is 4.37. The second kappa shape index (κ2) is 9.30. The van der Waals surface area contributed by atoms with Crippen LogP contribution in [0.15, 0.2) is 48.7 Å². The normalized spacial score (nSPS) is 16.8. The van der Waals surface area contributed by atoms with Crippen molar-refractivity contribution < 1.29 is 19.2 Å². The fourth-order valence-corrected chi connectivity index (χ4v) is 4.29. The summed E-state index contributed by atoms with van der Waals surface area (Å²) in [6, 6.07) is 12.6. The molecule has 1 unspecified atom stereocenters. The lowest BCUT2D eigenvalue weighted by atomic mass is 10.0. The highest BCUT2D eigenvalue weighted by molar-refractivity contribution is 6.05.